The lowest BCUT2D eigenvalue weighted by molar-refractivity contribution is -0.137. The molecular formula is C19H20N4O3. The molecule has 0 saturated carbocycles. The van der Waals surface area contributed by atoms with Crippen molar-refractivity contribution in [2.24, 2.45) is 0 Å². The van der Waals surface area contributed by atoms with Crippen LogP contribution in [-0.4, -0.2) is 37.6 Å². The van der Waals surface area contributed by atoms with Crippen LogP contribution in [0, 0.1) is 6.92 Å². The molecule has 3 rings (SSSR count). The highest BCUT2D eigenvalue weighted by Crippen LogP contribution is 2.12. The maximum absolute atomic E-state index is 12.7. The van der Waals surface area contributed by atoms with Gasteiger partial charge in [-0.05, 0) is 31.4 Å². The average Bonchev–Trinajstić information content (AvgIpc) is 3.03. The van der Waals surface area contributed by atoms with Crippen LogP contribution in [0.3, 0.4) is 0 Å². The molecule has 7 nitrogen and oxygen atoms in total. The standard InChI is InChI=1S/C19H20N4O3/c1-13-9-10-23-18(21-13)16(12-20-23)19(26)22-15(7-8-17(24)25)11-14-5-3-2-4-6-14/h2-6,9-10,12,15H,7-8,11H2,1H3,(H,22,26)(H,24,25). The summed E-state index contributed by atoms with van der Waals surface area (Å²) in [5.41, 5.74) is 2.69. The number of hydrogen-bond acceptors (Lipinski definition) is 4. The zero-order valence-electron chi connectivity index (χ0n) is 14.4. The van der Waals surface area contributed by atoms with E-state index in [1.165, 1.54) is 6.20 Å². The Balaban J connectivity index is 1.79. The first kappa shape index (κ1) is 17.6. The number of fused-ring (bicyclic) bond motifs is 1. The van der Waals surface area contributed by atoms with Crippen LogP contribution in [0.2, 0.25) is 0 Å². The van der Waals surface area contributed by atoms with Crippen molar-refractivity contribution in [2.75, 3.05) is 0 Å². The number of carboxylic acids is 1. The molecule has 1 amide bonds. The number of amides is 1. The highest BCUT2D eigenvalue weighted by atomic mass is 16.4. The number of hydrogen-bond donors (Lipinski definition) is 2. The smallest absolute Gasteiger partial charge is 0.303 e. The van der Waals surface area contributed by atoms with E-state index in [9.17, 15) is 9.59 Å². The zero-order valence-corrected chi connectivity index (χ0v) is 14.4. The highest BCUT2D eigenvalue weighted by molar-refractivity contribution is 5.99. The molecule has 0 radical (unpaired) electrons. The van der Waals surface area contributed by atoms with Crippen LogP contribution < -0.4 is 5.32 Å². The molecule has 3 aromatic rings. The first-order chi connectivity index (χ1) is 12.5. The molecule has 7 heteroatoms. The first-order valence-corrected chi connectivity index (χ1v) is 8.40. The SMILES string of the molecule is Cc1ccn2ncc(C(=O)NC(CCC(=O)O)Cc3ccccc3)c2n1. The predicted molar refractivity (Wildman–Crippen MR) is 96.0 cm³/mol. The lowest BCUT2D eigenvalue weighted by atomic mass is 10.0. The number of nitrogens with one attached hydrogen (secondary N) is 1. The summed E-state index contributed by atoms with van der Waals surface area (Å²) in [6.45, 7) is 1.85. The second kappa shape index (κ2) is 7.77. The van der Waals surface area contributed by atoms with E-state index in [1.807, 2.05) is 43.3 Å². The Hall–Kier alpha value is -3.22. The number of carboxylic acid groups (broad SMARTS) is 1. The number of carbonyl (C=O) groups is 2. The van der Waals surface area contributed by atoms with Crippen LogP contribution in [0.25, 0.3) is 5.65 Å². The van der Waals surface area contributed by atoms with Crippen molar-refractivity contribution in [2.45, 2.75) is 32.2 Å². The van der Waals surface area contributed by atoms with Gasteiger partial charge in [0.15, 0.2) is 5.65 Å². The van der Waals surface area contributed by atoms with Gasteiger partial charge in [0, 0.05) is 24.4 Å². The molecule has 0 fully saturated rings. The van der Waals surface area contributed by atoms with Gasteiger partial charge in [0.25, 0.3) is 5.91 Å². The number of nitrogens with zero attached hydrogens (tertiary/aromatic N) is 3. The van der Waals surface area contributed by atoms with Crippen molar-refractivity contribution < 1.29 is 14.7 Å². The number of aromatic nitrogens is 3. The van der Waals surface area contributed by atoms with Crippen molar-refractivity contribution in [3.05, 3.63) is 65.6 Å². The Morgan fingerprint density at radius 3 is 2.73 bits per heavy atom. The van der Waals surface area contributed by atoms with Gasteiger partial charge >= 0.3 is 5.97 Å². The number of aliphatic carboxylic acids is 1. The number of aryl methyl sites for hydroxylation is 1. The lowest BCUT2D eigenvalue weighted by Gasteiger charge is -2.18. The van der Waals surface area contributed by atoms with Crippen LogP contribution in [-0.2, 0) is 11.2 Å². The number of carbonyl (C=O) groups excluding carboxylic acids is 1. The average molecular weight is 352 g/mol. The maximum Gasteiger partial charge on any atom is 0.303 e. The van der Waals surface area contributed by atoms with Gasteiger partial charge in [0.05, 0.1) is 6.20 Å². The molecule has 0 saturated heterocycles. The molecule has 0 spiro atoms. The monoisotopic (exact) mass is 352 g/mol. The second-order valence-corrected chi connectivity index (χ2v) is 6.19. The molecule has 0 aliphatic carbocycles. The fourth-order valence-corrected chi connectivity index (χ4v) is 2.80. The van der Waals surface area contributed by atoms with Crippen molar-refractivity contribution in [1.82, 2.24) is 19.9 Å². The largest absolute Gasteiger partial charge is 0.481 e. The molecule has 1 aromatic carbocycles. The van der Waals surface area contributed by atoms with Crippen LogP contribution in [0.4, 0.5) is 0 Å². The highest BCUT2D eigenvalue weighted by Gasteiger charge is 2.19. The molecule has 1 unspecified atom stereocenters. The van der Waals surface area contributed by atoms with E-state index >= 15 is 0 Å². The van der Waals surface area contributed by atoms with Gasteiger partial charge in [-0.3, -0.25) is 9.59 Å². The fourth-order valence-electron chi connectivity index (χ4n) is 2.80. The Bertz CT molecular complexity index is 921. The summed E-state index contributed by atoms with van der Waals surface area (Å²) in [4.78, 5) is 28.0. The third-order valence-electron chi connectivity index (χ3n) is 4.12. The quantitative estimate of drug-likeness (QED) is 0.680. The molecule has 1 atom stereocenters. The van der Waals surface area contributed by atoms with Gasteiger partial charge in [0.1, 0.15) is 5.56 Å². The van der Waals surface area contributed by atoms with E-state index < -0.39 is 5.97 Å². The lowest BCUT2D eigenvalue weighted by Crippen LogP contribution is -2.37. The molecular weight excluding hydrogens is 332 g/mol. The fraction of sp³-hybridized carbons (Fsp3) is 0.263. The van der Waals surface area contributed by atoms with Gasteiger partial charge in [-0.25, -0.2) is 9.50 Å². The van der Waals surface area contributed by atoms with Gasteiger partial charge in [-0.2, -0.15) is 5.10 Å². The van der Waals surface area contributed by atoms with Crippen molar-refractivity contribution in [3.8, 4) is 0 Å². The predicted octanol–water partition coefficient (Wildman–Crippen LogP) is 2.24. The molecule has 26 heavy (non-hydrogen) atoms. The zero-order chi connectivity index (χ0) is 18.5. The third-order valence-corrected chi connectivity index (χ3v) is 4.12. The van der Waals surface area contributed by atoms with E-state index in [0.717, 1.165) is 11.3 Å². The molecule has 2 heterocycles. The van der Waals surface area contributed by atoms with Crippen molar-refractivity contribution in [1.29, 1.82) is 0 Å². The normalized spacial score (nSPS) is 12.0. The molecule has 0 bridgehead atoms. The minimum atomic E-state index is -0.884. The van der Waals surface area contributed by atoms with Crippen LogP contribution in [0.15, 0.2) is 48.8 Å². The molecule has 2 N–H and O–H groups in total. The Morgan fingerprint density at radius 1 is 1.23 bits per heavy atom. The summed E-state index contributed by atoms with van der Waals surface area (Å²) in [7, 11) is 0. The van der Waals surface area contributed by atoms with Crippen molar-refractivity contribution >= 4 is 17.5 Å². The first-order valence-electron chi connectivity index (χ1n) is 8.40. The molecule has 0 aliphatic heterocycles. The van der Waals surface area contributed by atoms with Crippen LogP contribution in [0.5, 0.6) is 0 Å². The topological polar surface area (TPSA) is 96.6 Å². The van der Waals surface area contributed by atoms with Crippen molar-refractivity contribution in [3.63, 3.8) is 0 Å². The summed E-state index contributed by atoms with van der Waals surface area (Å²) in [5.74, 6) is -1.19. The van der Waals surface area contributed by atoms with E-state index in [2.05, 4.69) is 15.4 Å². The van der Waals surface area contributed by atoms with Crippen LogP contribution >= 0.6 is 0 Å². The van der Waals surface area contributed by atoms with E-state index in [1.54, 1.807) is 10.7 Å². The Kier molecular flexibility index (Phi) is 5.26. The maximum atomic E-state index is 12.7. The minimum absolute atomic E-state index is 0.0100. The Labute approximate surface area is 150 Å². The van der Waals surface area contributed by atoms with Crippen LogP contribution in [0.1, 0.15) is 34.5 Å². The summed E-state index contributed by atoms with van der Waals surface area (Å²) in [6.07, 6.45) is 4.13. The van der Waals surface area contributed by atoms with Gasteiger partial charge in [-0.1, -0.05) is 30.3 Å². The second-order valence-electron chi connectivity index (χ2n) is 6.19. The summed E-state index contributed by atoms with van der Waals surface area (Å²) >= 11 is 0. The summed E-state index contributed by atoms with van der Waals surface area (Å²) in [6, 6.07) is 11.2. The minimum Gasteiger partial charge on any atom is -0.481 e. The van der Waals surface area contributed by atoms with E-state index in [4.69, 9.17) is 5.11 Å². The van der Waals surface area contributed by atoms with Gasteiger partial charge in [-0.15, -0.1) is 0 Å². The van der Waals surface area contributed by atoms with E-state index in [0.29, 0.717) is 24.1 Å². The number of benzene rings is 1. The summed E-state index contributed by atoms with van der Waals surface area (Å²) < 4.78 is 1.55. The van der Waals surface area contributed by atoms with Gasteiger partial charge < -0.3 is 10.4 Å². The Morgan fingerprint density at radius 2 is 2.00 bits per heavy atom. The molecule has 2 aromatic heterocycles. The molecule has 0 aliphatic rings. The third kappa shape index (κ3) is 4.24. The van der Waals surface area contributed by atoms with Gasteiger partial charge in [0.2, 0.25) is 0 Å². The molecule has 134 valence electrons. The summed E-state index contributed by atoms with van der Waals surface area (Å²) in [5, 5.41) is 16.1. The van der Waals surface area contributed by atoms with E-state index in [-0.39, 0.29) is 18.4 Å². The number of rotatable bonds is 7.